The average molecular weight is 503 g/mol. The van der Waals surface area contributed by atoms with Gasteiger partial charge in [0.1, 0.15) is 11.5 Å². The summed E-state index contributed by atoms with van der Waals surface area (Å²) in [6.45, 7) is 11.1. The summed E-state index contributed by atoms with van der Waals surface area (Å²) < 4.78 is 11.8. The van der Waals surface area contributed by atoms with Gasteiger partial charge in [-0.25, -0.2) is 0 Å². The van der Waals surface area contributed by atoms with Crippen LogP contribution in [-0.2, 0) is 0 Å². The zero-order valence-electron chi connectivity index (χ0n) is 24.8. The molecule has 1 rings (SSSR count). The second-order valence-corrected chi connectivity index (χ2v) is 11.5. The molecule has 1 aromatic carbocycles. The van der Waals surface area contributed by atoms with Crippen LogP contribution in [-0.4, -0.2) is 13.2 Å². The van der Waals surface area contributed by atoms with E-state index in [0.29, 0.717) is 0 Å². The van der Waals surface area contributed by atoms with Gasteiger partial charge >= 0.3 is 0 Å². The van der Waals surface area contributed by atoms with Gasteiger partial charge in [0.15, 0.2) is 0 Å². The summed E-state index contributed by atoms with van der Waals surface area (Å²) in [7, 11) is 0. The molecule has 0 N–H and O–H groups in total. The molecular weight excluding hydrogens is 440 g/mol. The van der Waals surface area contributed by atoms with Crippen LogP contribution in [0.2, 0.25) is 0 Å². The van der Waals surface area contributed by atoms with Gasteiger partial charge in [-0.2, -0.15) is 0 Å². The van der Waals surface area contributed by atoms with Crippen LogP contribution in [0.15, 0.2) is 24.3 Å². The predicted octanol–water partition coefficient (Wildman–Crippen LogP) is 11.6. The normalized spacial score (nSPS) is 13.0. The first-order valence-corrected chi connectivity index (χ1v) is 16.0. The molecule has 2 nitrogen and oxygen atoms in total. The highest BCUT2D eigenvalue weighted by atomic mass is 16.5. The molecule has 2 heteroatoms. The Kier molecular flexibility index (Phi) is 22.1. The average Bonchev–Trinajstić information content (AvgIpc) is 2.87. The number of hydrogen-bond donors (Lipinski definition) is 0. The standard InChI is InChI=1S/C34H62O2/c1-5-21-31(3)23-17-13-9-7-11-15-19-29-35-33-25-27-34(28-26-33)36-30-20-16-12-8-10-14-18-24-32(4)22-6-2/h25-28,31-32H,5-24,29-30H2,1-4H3. The molecule has 0 saturated carbocycles. The smallest absolute Gasteiger partial charge is 0.119 e. The van der Waals surface area contributed by atoms with Crippen molar-refractivity contribution in [1.82, 2.24) is 0 Å². The van der Waals surface area contributed by atoms with E-state index in [1.54, 1.807) is 0 Å². The van der Waals surface area contributed by atoms with E-state index in [1.807, 2.05) is 0 Å². The Morgan fingerprint density at radius 1 is 0.444 bits per heavy atom. The van der Waals surface area contributed by atoms with Gasteiger partial charge < -0.3 is 9.47 Å². The second kappa shape index (κ2) is 24.2. The summed E-state index contributed by atoms with van der Waals surface area (Å²) in [6, 6.07) is 8.21. The van der Waals surface area contributed by atoms with Gasteiger partial charge in [-0.3, -0.25) is 0 Å². The van der Waals surface area contributed by atoms with Gasteiger partial charge in [0.2, 0.25) is 0 Å². The Bertz CT molecular complexity index is 516. The fourth-order valence-electron chi connectivity index (χ4n) is 5.24. The van der Waals surface area contributed by atoms with Crippen LogP contribution in [0.3, 0.4) is 0 Å². The Morgan fingerprint density at radius 3 is 1.08 bits per heavy atom. The molecule has 0 bridgehead atoms. The van der Waals surface area contributed by atoms with Crippen LogP contribution in [0.1, 0.15) is 156 Å². The molecule has 2 unspecified atom stereocenters. The topological polar surface area (TPSA) is 18.5 Å². The van der Waals surface area contributed by atoms with E-state index in [2.05, 4.69) is 52.0 Å². The molecule has 0 spiro atoms. The van der Waals surface area contributed by atoms with E-state index in [4.69, 9.17) is 9.47 Å². The lowest BCUT2D eigenvalue weighted by Crippen LogP contribution is -1.99. The zero-order valence-corrected chi connectivity index (χ0v) is 24.8. The zero-order chi connectivity index (χ0) is 26.1. The fourth-order valence-corrected chi connectivity index (χ4v) is 5.24. The number of rotatable bonds is 26. The van der Waals surface area contributed by atoms with Crippen LogP contribution in [0.4, 0.5) is 0 Å². The summed E-state index contributed by atoms with van der Waals surface area (Å²) in [4.78, 5) is 0. The Labute approximate surface area is 226 Å². The summed E-state index contributed by atoms with van der Waals surface area (Å²) in [5, 5.41) is 0. The van der Waals surface area contributed by atoms with Crippen LogP contribution in [0.5, 0.6) is 11.5 Å². The van der Waals surface area contributed by atoms with Gasteiger partial charge in [0.05, 0.1) is 13.2 Å². The molecule has 210 valence electrons. The monoisotopic (exact) mass is 502 g/mol. The van der Waals surface area contributed by atoms with Crippen molar-refractivity contribution < 1.29 is 9.47 Å². The van der Waals surface area contributed by atoms with Crippen molar-refractivity contribution in [3.05, 3.63) is 24.3 Å². The lowest BCUT2D eigenvalue weighted by Gasteiger charge is -2.10. The van der Waals surface area contributed by atoms with Gasteiger partial charge in [0.25, 0.3) is 0 Å². The van der Waals surface area contributed by atoms with Gasteiger partial charge in [-0.15, -0.1) is 0 Å². The number of ether oxygens (including phenoxy) is 2. The first kappa shape index (κ1) is 32.8. The van der Waals surface area contributed by atoms with E-state index < -0.39 is 0 Å². The van der Waals surface area contributed by atoms with Crippen molar-refractivity contribution in [2.45, 2.75) is 156 Å². The molecule has 0 aromatic heterocycles. The molecule has 2 atom stereocenters. The molecule has 0 heterocycles. The molecule has 1 aromatic rings. The van der Waals surface area contributed by atoms with Crippen molar-refractivity contribution in [3.63, 3.8) is 0 Å². The largest absolute Gasteiger partial charge is 0.494 e. The molecule has 36 heavy (non-hydrogen) atoms. The van der Waals surface area contributed by atoms with E-state index >= 15 is 0 Å². The van der Waals surface area contributed by atoms with Gasteiger partial charge in [-0.05, 0) is 48.9 Å². The fraction of sp³-hybridized carbons (Fsp3) is 0.824. The second-order valence-electron chi connectivity index (χ2n) is 11.5. The number of hydrogen-bond acceptors (Lipinski definition) is 2. The molecule has 0 radical (unpaired) electrons. The van der Waals surface area contributed by atoms with Crippen molar-refractivity contribution >= 4 is 0 Å². The van der Waals surface area contributed by atoms with Crippen molar-refractivity contribution in [1.29, 1.82) is 0 Å². The van der Waals surface area contributed by atoms with E-state index in [-0.39, 0.29) is 0 Å². The van der Waals surface area contributed by atoms with E-state index in [9.17, 15) is 0 Å². The maximum Gasteiger partial charge on any atom is 0.119 e. The maximum atomic E-state index is 5.92. The molecule has 0 saturated heterocycles. The van der Waals surface area contributed by atoms with E-state index in [1.165, 1.54) is 116 Å². The molecular formula is C34H62O2. The highest BCUT2D eigenvalue weighted by Crippen LogP contribution is 2.20. The lowest BCUT2D eigenvalue weighted by molar-refractivity contribution is 0.296. The van der Waals surface area contributed by atoms with Crippen LogP contribution in [0.25, 0.3) is 0 Å². The minimum absolute atomic E-state index is 0.826. The molecule has 0 fully saturated rings. The SMILES string of the molecule is CCCC(C)CCCCCCCCCOc1ccc(OCCCCCCCCCC(C)CCC)cc1. The summed E-state index contributed by atoms with van der Waals surface area (Å²) >= 11 is 0. The lowest BCUT2D eigenvalue weighted by atomic mass is 9.98. The van der Waals surface area contributed by atoms with Gasteiger partial charge in [0, 0.05) is 0 Å². The molecule has 0 aliphatic rings. The quantitative estimate of drug-likeness (QED) is 0.117. The van der Waals surface area contributed by atoms with E-state index in [0.717, 1.165) is 49.4 Å². The Balaban J connectivity index is 1.90. The number of benzene rings is 1. The maximum absolute atomic E-state index is 5.92. The number of unbranched alkanes of at least 4 members (excludes halogenated alkanes) is 12. The Hall–Kier alpha value is -1.18. The minimum Gasteiger partial charge on any atom is -0.494 e. The summed E-state index contributed by atoms with van der Waals surface area (Å²) in [5.41, 5.74) is 0. The first-order chi connectivity index (χ1) is 17.7. The predicted molar refractivity (Wildman–Crippen MR) is 159 cm³/mol. The first-order valence-electron chi connectivity index (χ1n) is 16.0. The third-order valence-corrected chi connectivity index (χ3v) is 7.61. The molecule has 0 amide bonds. The van der Waals surface area contributed by atoms with Crippen LogP contribution >= 0.6 is 0 Å². The van der Waals surface area contributed by atoms with Crippen LogP contribution in [0, 0.1) is 11.8 Å². The van der Waals surface area contributed by atoms with Gasteiger partial charge in [-0.1, -0.05) is 143 Å². The third kappa shape index (κ3) is 19.9. The highest BCUT2D eigenvalue weighted by Gasteiger charge is 2.02. The van der Waals surface area contributed by atoms with Crippen LogP contribution < -0.4 is 9.47 Å². The summed E-state index contributed by atoms with van der Waals surface area (Å²) in [6.07, 6.45) is 27.1. The minimum atomic E-state index is 0.826. The third-order valence-electron chi connectivity index (χ3n) is 7.61. The van der Waals surface area contributed by atoms with Crippen molar-refractivity contribution in [2.24, 2.45) is 11.8 Å². The Morgan fingerprint density at radius 2 is 0.750 bits per heavy atom. The van der Waals surface area contributed by atoms with Crippen molar-refractivity contribution in [3.8, 4) is 11.5 Å². The molecule has 0 aliphatic heterocycles. The molecule has 0 aliphatic carbocycles. The summed E-state index contributed by atoms with van der Waals surface area (Å²) in [5.74, 6) is 3.78. The highest BCUT2D eigenvalue weighted by molar-refractivity contribution is 5.31. The van der Waals surface area contributed by atoms with Crippen molar-refractivity contribution in [2.75, 3.05) is 13.2 Å².